The summed E-state index contributed by atoms with van der Waals surface area (Å²) in [5, 5.41) is 0. The van der Waals surface area contributed by atoms with Crippen molar-refractivity contribution in [2.24, 2.45) is 4.99 Å². The minimum absolute atomic E-state index is 0.202. The van der Waals surface area contributed by atoms with Crippen LogP contribution < -0.4 is 14.2 Å². The zero-order chi connectivity index (χ0) is 17.8. The van der Waals surface area contributed by atoms with Crippen LogP contribution in [0.3, 0.4) is 0 Å². The Morgan fingerprint density at radius 1 is 0.920 bits per heavy atom. The van der Waals surface area contributed by atoms with Crippen molar-refractivity contribution < 1.29 is 23.7 Å². The number of carbonyl (C=O) groups is 1. The average molecular weight is 339 g/mol. The van der Waals surface area contributed by atoms with Gasteiger partial charge < -0.3 is 18.9 Å². The Balaban J connectivity index is 1.95. The number of hydrogen-bond donors (Lipinski definition) is 0. The molecule has 1 heterocycles. The number of ether oxygens (including phenoxy) is 4. The first-order valence-corrected chi connectivity index (χ1v) is 7.53. The highest BCUT2D eigenvalue weighted by atomic mass is 16.6. The van der Waals surface area contributed by atoms with Crippen molar-refractivity contribution in [1.29, 1.82) is 0 Å². The first-order chi connectivity index (χ1) is 12.1. The highest BCUT2D eigenvalue weighted by Crippen LogP contribution is 2.26. The lowest BCUT2D eigenvalue weighted by molar-refractivity contribution is -0.129. The Bertz CT molecular complexity index is 848. The van der Waals surface area contributed by atoms with Gasteiger partial charge in [-0.05, 0) is 42.0 Å². The van der Waals surface area contributed by atoms with Crippen LogP contribution in [0.4, 0.5) is 0 Å². The van der Waals surface area contributed by atoms with E-state index in [1.165, 1.54) is 0 Å². The molecule has 0 atom stereocenters. The highest BCUT2D eigenvalue weighted by Gasteiger charge is 2.24. The van der Waals surface area contributed by atoms with Crippen molar-refractivity contribution in [3.63, 3.8) is 0 Å². The monoisotopic (exact) mass is 339 g/mol. The minimum atomic E-state index is -0.514. The molecule has 0 fully saturated rings. The van der Waals surface area contributed by atoms with Crippen molar-refractivity contribution in [2.45, 2.75) is 0 Å². The summed E-state index contributed by atoms with van der Waals surface area (Å²) in [4.78, 5) is 16.4. The molecular formula is C19H17NO5. The number of rotatable bonds is 5. The van der Waals surface area contributed by atoms with Gasteiger partial charge in [0, 0.05) is 11.6 Å². The molecule has 0 amide bonds. The van der Waals surface area contributed by atoms with Gasteiger partial charge >= 0.3 is 5.97 Å². The lowest BCUT2D eigenvalue weighted by atomic mass is 10.1. The molecule has 0 unspecified atom stereocenters. The maximum atomic E-state index is 12.1. The summed E-state index contributed by atoms with van der Waals surface area (Å²) in [5.74, 6) is 1.62. The van der Waals surface area contributed by atoms with E-state index in [4.69, 9.17) is 18.9 Å². The fourth-order valence-electron chi connectivity index (χ4n) is 2.36. The molecular weight excluding hydrogens is 322 g/mol. The molecule has 0 aliphatic carbocycles. The van der Waals surface area contributed by atoms with E-state index in [0.717, 1.165) is 5.56 Å². The molecule has 1 aliphatic rings. The van der Waals surface area contributed by atoms with E-state index < -0.39 is 5.97 Å². The Morgan fingerprint density at radius 2 is 1.60 bits per heavy atom. The predicted octanol–water partition coefficient (Wildman–Crippen LogP) is 3.06. The number of hydrogen-bond acceptors (Lipinski definition) is 6. The topological polar surface area (TPSA) is 66.3 Å². The summed E-state index contributed by atoms with van der Waals surface area (Å²) >= 11 is 0. The zero-order valence-electron chi connectivity index (χ0n) is 14.1. The molecule has 6 nitrogen and oxygen atoms in total. The number of nitrogens with zero attached hydrogens (tertiary/aromatic N) is 1. The van der Waals surface area contributed by atoms with Crippen LogP contribution in [0.25, 0.3) is 6.08 Å². The molecule has 0 aromatic heterocycles. The molecule has 2 aromatic carbocycles. The average Bonchev–Trinajstić information content (AvgIpc) is 3.02. The van der Waals surface area contributed by atoms with Gasteiger partial charge in [0.25, 0.3) is 0 Å². The second-order valence-corrected chi connectivity index (χ2v) is 5.21. The Labute approximate surface area is 145 Å². The Morgan fingerprint density at radius 3 is 2.24 bits per heavy atom. The third-order valence-electron chi connectivity index (χ3n) is 3.61. The van der Waals surface area contributed by atoms with E-state index in [1.807, 2.05) is 0 Å². The van der Waals surface area contributed by atoms with Crippen LogP contribution in [0.5, 0.6) is 17.2 Å². The van der Waals surface area contributed by atoms with E-state index >= 15 is 0 Å². The molecule has 0 spiro atoms. The number of aliphatic imine (C=N–C) groups is 1. The lowest BCUT2D eigenvalue weighted by Gasteiger charge is -2.05. The maximum absolute atomic E-state index is 12.1. The fourth-order valence-corrected chi connectivity index (χ4v) is 2.36. The fraction of sp³-hybridized carbons (Fsp3) is 0.158. The largest absolute Gasteiger partial charge is 0.497 e. The first kappa shape index (κ1) is 16.6. The van der Waals surface area contributed by atoms with Gasteiger partial charge in [-0.25, -0.2) is 9.79 Å². The van der Waals surface area contributed by atoms with Crippen LogP contribution in [0.15, 0.2) is 53.2 Å². The van der Waals surface area contributed by atoms with Crippen molar-refractivity contribution in [1.82, 2.24) is 0 Å². The second-order valence-electron chi connectivity index (χ2n) is 5.21. The Hall–Kier alpha value is -3.28. The Kier molecular flexibility index (Phi) is 4.70. The molecule has 3 rings (SSSR count). The van der Waals surface area contributed by atoms with E-state index in [1.54, 1.807) is 69.9 Å². The zero-order valence-corrected chi connectivity index (χ0v) is 14.1. The van der Waals surface area contributed by atoms with Crippen molar-refractivity contribution in [3.8, 4) is 17.2 Å². The maximum Gasteiger partial charge on any atom is 0.363 e. The summed E-state index contributed by atoms with van der Waals surface area (Å²) in [5.41, 5.74) is 1.59. The van der Waals surface area contributed by atoms with Crippen molar-refractivity contribution in [3.05, 3.63) is 59.3 Å². The highest BCUT2D eigenvalue weighted by molar-refractivity contribution is 6.13. The normalized spacial score (nSPS) is 14.9. The van der Waals surface area contributed by atoms with E-state index in [0.29, 0.717) is 22.8 Å². The van der Waals surface area contributed by atoms with Gasteiger partial charge in [0.15, 0.2) is 5.70 Å². The summed E-state index contributed by atoms with van der Waals surface area (Å²) in [6.45, 7) is 0. The van der Waals surface area contributed by atoms with Gasteiger partial charge in [0.1, 0.15) is 17.2 Å². The minimum Gasteiger partial charge on any atom is -0.497 e. The van der Waals surface area contributed by atoms with Crippen molar-refractivity contribution in [2.75, 3.05) is 21.3 Å². The summed E-state index contributed by atoms with van der Waals surface area (Å²) < 4.78 is 20.9. The third-order valence-corrected chi connectivity index (χ3v) is 3.61. The molecule has 0 saturated heterocycles. The van der Waals surface area contributed by atoms with Crippen molar-refractivity contribution >= 4 is 17.9 Å². The van der Waals surface area contributed by atoms with Crippen LogP contribution in [0, 0.1) is 0 Å². The molecule has 1 aliphatic heterocycles. The number of methoxy groups -OCH3 is 3. The van der Waals surface area contributed by atoms with Crippen LogP contribution in [-0.2, 0) is 9.53 Å². The van der Waals surface area contributed by atoms with Crippen LogP contribution >= 0.6 is 0 Å². The first-order valence-electron chi connectivity index (χ1n) is 7.53. The number of cyclic esters (lactones) is 1. The lowest BCUT2D eigenvalue weighted by Crippen LogP contribution is -2.05. The summed E-state index contributed by atoms with van der Waals surface area (Å²) in [6, 6.07) is 12.5. The SMILES string of the molecule is COc1cc(/C=C2\N=C(c3cccc(OC)c3)OC2=O)cc(OC)c1. The van der Waals surface area contributed by atoms with E-state index in [9.17, 15) is 4.79 Å². The standard InChI is InChI=1S/C19H17NO5/c1-22-14-6-4-5-13(10-14)18-20-17(19(21)25-18)9-12-7-15(23-2)11-16(8-12)24-3/h4-11H,1-3H3/b17-9-. The van der Waals surface area contributed by atoms with Gasteiger partial charge in [-0.2, -0.15) is 0 Å². The quantitative estimate of drug-likeness (QED) is 0.619. The van der Waals surface area contributed by atoms with Gasteiger partial charge in [0.05, 0.1) is 21.3 Å². The third kappa shape index (κ3) is 3.63. The van der Waals surface area contributed by atoms with Crippen LogP contribution in [-0.4, -0.2) is 33.2 Å². The molecule has 0 bridgehead atoms. The van der Waals surface area contributed by atoms with Gasteiger partial charge in [-0.3, -0.25) is 0 Å². The summed E-state index contributed by atoms with van der Waals surface area (Å²) in [6.07, 6.45) is 1.63. The number of esters is 1. The second kappa shape index (κ2) is 7.09. The van der Waals surface area contributed by atoms with Gasteiger partial charge in [-0.1, -0.05) is 6.07 Å². The van der Waals surface area contributed by atoms with Crippen LogP contribution in [0.1, 0.15) is 11.1 Å². The number of benzene rings is 2. The molecule has 0 N–H and O–H groups in total. The summed E-state index contributed by atoms with van der Waals surface area (Å²) in [7, 11) is 4.70. The molecule has 0 saturated carbocycles. The smallest absolute Gasteiger partial charge is 0.363 e. The van der Waals surface area contributed by atoms with Gasteiger partial charge in [0.2, 0.25) is 5.90 Å². The molecule has 0 radical (unpaired) electrons. The molecule has 25 heavy (non-hydrogen) atoms. The molecule has 6 heteroatoms. The predicted molar refractivity (Wildman–Crippen MR) is 93.1 cm³/mol. The van der Waals surface area contributed by atoms with Crippen LogP contribution in [0.2, 0.25) is 0 Å². The number of carbonyl (C=O) groups excluding carboxylic acids is 1. The van der Waals surface area contributed by atoms with Gasteiger partial charge in [-0.15, -0.1) is 0 Å². The van der Waals surface area contributed by atoms with E-state index in [2.05, 4.69) is 4.99 Å². The van der Waals surface area contributed by atoms with E-state index in [-0.39, 0.29) is 11.6 Å². The molecule has 128 valence electrons. The molecule has 2 aromatic rings.